The van der Waals surface area contributed by atoms with Gasteiger partial charge in [0.05, 0.1) is 19.3 Å². The molecule has 1 aliphatic carbocycles. The van der Waals surface area contributed by atoms with E-state index < -0.39 is 54.4 Å². The maximum Gasteiger partial charge on any atom is 0.186 e. The number of hydrogen-bond acceptors (Lipinski definition) is 9. The zero-order valence-corrected chi connectivity index (χ0v) is 16.2. The molecule has 0 aromatic heterocycles. The SMILES string of the molecule is CC1=CC(=O)CC(C)(COC2OC(CO)C(O)C(O)C2O)C1(O)C=CC(C)O. The third-order valence-electron chi connectivity index (χ3n) is 5.49. The summed E-state index contributed by atoms with van der Waals surface area (Å²) in [7, 11) is 0. The zero-order valence-electron chi connectivity index (χ0n) is 16.2. The van der Waals surface area contributed by atoms with Crippen LogP contribution in [0.5, 0.6) is 0 Å². The molecule has 0 aromatic rings. The second kappa shape index (κ2) is 8.68. The fraction of sp³-hybridized carbons (Fsp3) is 0.737. The van der Waals surface area contributed by atoms with Crippen LogP contribution in [0.3, 0.4) is 0 Å². The molecule has 1 saturated heterocycles. The van der Waals surface area contributed by atoms with Crippen molar-refractivity contribution in [1.29, 1.82) is 0 Å². The Morgan fingerprint density at radius 3 is 2.54 bits per heavy atom. The number of ether oxygens (including phenoxy) is 2. The van der Waals surface area contributed by atoms with Gasteiger partial charge in [-0.15, -0.1) is 0 Å². The van der Waals surface area contributed by atoms with Gasteiger partial charge in [0.2, 0.25) is 0 Å². The highest BCUT2D eigenvalue weighted by Gasteiger charge is 2.52. The molecule has 0 saturated carbocycles. The van der Waals surface area contributed by atoms with Crippen molar-refractivity contribution in [2.24, 2.45) is 5.41 Å². The van der Waals surface area contributed by atoms with Gasteiger partial charge in [-0.3, -0.25) is 4.79 Å². The summed E-state index contributed by atoms with van der Waals surface area (Å²) < 4.78 is 10.9. The summed E-state index contributed by atoms with van der Waals surface area (Å²) >= 11 is 0. The fourth-order valence-corrected chi connectivity index (χ4v) is 3.64. The van der Waals surface area contributed by atoms with Crippen LogP contribution in [-0.4, -0.2) is 92.0 Å². The minimum absolute atomic E-state index is 0.0671. The lowest BCUT2D eigenvalue weighted by atomic mass is 9.63. The normalized spacial score (nSPS) is 43.2. The van der Waals surface area contributed by atoms with E-state index in [1.807, 2.05) is 0 Å². The van der Waals surface area contributed by atoms with E-state index in [2.05, 4.69) is 0 Å². The highest BCUT2D eigenvalue weighted by Crippen LogP contribution is 2.45. The first-order chi connectivity index (χ1) is 12.9. The van der Waals surface area contributed by atoms with Gasteiger partial charge in [-0.25, -0.2) is 0 Å². The Labute approximate surface area is 163 Å². The van der Waals surface area contributed by atoms with Crippen LogP contribution in [0, 0.1) is 5.41 Å². The summed E-state index contributed by atoms with van der Waals surface area (Å²) in [5.41, 5.74) is -2.39. The average Bonchev–Trinajstić information content (AvgIpc) is 2.62. The van der Waals surface area contributed by atoms with E-state index in [1.165, 1.54) is 25.2 Å². The number of carbonyl (C=O) groups excluding carboxylic acids is 1. The Morgan fingerprint density at radius 2 is 1.96 bits per heavy atom. The van der Waals surface area contributed by atoms with Crippen molar-refractivity contribution in [2.75, 3.05) is 13.2 Å². The van der Waals surface area contributed by atoms with Crippen molar-refractivity contribution in [3.05, 3.63) is 23.8 Å². The topological polar surface area (TPSA) is 157 Å². The first kappa shape index (κ1) is 23.1. The number of ketones is 1. The third kappa shape index (κ3) is 4.37. The summed E-state index contributed by atoms with van der Waals surface area (Å²) in [5, 5.41) is 59.9. The molecule has 1 heterocycles. The maximum absolute atomic E-state index is 12.1. The fourth-order valence-electron chi connectivity index (χ4n) is 3.64. The minimum atomic E-state index is -1.61. The number of carbonyl (C=O) groups is 1. The molecule has 8 atom stereocenters. The van der Waals surface area contributed by atoms with Gasteiger partial charge < -0.3 is 40.1 Å². The van der Waals surface area contributed by atoms with Crippen LogP contribution in [0.1, 0.15) is 27.2 Å². The van der Waals surface area contributed by atoms with Crippen LogP contribution in [0.2, 0.25) is 0 Å². The van der Waals surface area contributed by atoms with Gasteiger partial charge in [0, 0.05) is 11.8 Å². The smallest absolute Gasteiger partial charge is 0.186 e. The number of aliphatic hydroxyl groups excluding tert-OH is 5. The Hall–Kier alpha value is -1.17. The summed E-state index contributed by atoms with van der Waals surface area (Å²) in [6, 6.07) is 0. The van der Waals surface area contributed by atoms with E-state index in [0.29, 0.717) is 5.57 Å². The van der Waals surface area contributed by atoms with E-state index in [9.17, 15) is 35.4 Å². The molecule has 0 aromatic carbocycles. The molecule has 28 heavy (non-hydrogen) atoms. The standard InChI is InChI=1S/C19H30O9/c1-10-6-12(22)7-18(3,19(10,26)5-4-11(2)21)9-27-17-16(25)15(24)14(23)13(8-20)28-17/h4-6,11,13-17,20-21,23-26H,7-9H2,1-3H3. The number of aliphatic hydroxyl groups is 6. The molecule has 2 rings (SSSR count). The summed E-state index contributed by atoms with van der Waals surface area (Å²) in [6.07, 6.45) is -3.92. The molecule has 1 fully saturated rings. The van der Waals surface area contributed by atoms with Gasteiger partial charge in [-0.2, -0.15) is 0 Å². The van der Waals surface area contributed by atoms with Gasteiger partial charge in [0.1, 0.15) is 30.0 Å². The molecule has 8 unspecified atom stereocenters. The van der Waals surface area contributed by atoms with E-state index in [-0.39, 0.29) is 18.8 Å². The van der Waals surface area contributed by atoms with E-state index in [0.717, 1.165) is 0 Å². The highest BCUT2D eigenvalue weighted by molar-refractivity contribution is 5.92. The van der Waals surface area contributed by atoms with Crippen molar-refractivity contribution in [3.63, 3.8) is 0 Å². The predicted molar refractivity (Wildman–Crippen MR) is 97.0 cm³/mol. The summed E-state index contributed by atoms with van der Waals surface area (Å²) in [6.45, 7) is 3.90. The Balaban J connectivity index is 2.24. The molecule has 160 valence electrons. The van der Waals surface area contributed by atoms with Crippen molar-refractivity contribution in [1.82, 2.24) is 0 Å². The summed E-state index contributed by atoms with van der Waals surface area (Å²) in [4.78, 5) is 12.1. The Morgan fingerprint density at radius 1 is 1.32 bits per heavy atom. The third-order valence-corrected chi connectivity index (χ3v) is 5.49. The van der Waals surface area contributed by atoms with E-state index in [1.54, 1.807) is 13.8 Å². The monoisotopic (exact) mass is 402 g/mol. The summed E-state index contributed by atoms with van der Waals surface area (Å²) in [5.74, 6) is -0.215. The second-order valence-electron chi connectivity index (χ2n) is 7.91. The zero-order chi connectivity index (χ0) is 21.3. The molecule has 0 radical (unpaired) electrons. The highest BCUT2D eigenvalue weighted by atomic mass is 16.7. The molecule has 2 aliphatic rings. The largest absolute Gasteiger partial charge is 0.394 e. The van der Waals surface area contributed by atoms with Gasteiger partial charge in [0.25, 0.3) is 0 Å². The van der Waals surface area contributed by atoms with Crippen molar-refractivity contribution in [3.8, 4) is 0 Å². The molecule has 9 nitrogen and oxygen atoms in total. The predicted octanol–water partition coefficient (Wildman–Crippen LogP) is -1.60. The van der Waals surface area contributed by atoms with Crippen LogP contribution in [0.25, 0.3) is 0 Å². The van der Waals surface area contributed by atoms with Crippen LogP contribution in [0.15, 0.2) is 23.8 Å². The molecule has 0 bridgehead atoms. The maximum atomic E-state index is 12.1. The van der Waals surface area contributed by atoms with Crippen LogP contribution >= 0.6 is 0 Å². The minimum Gasteiger partial charge on any atom is -0.394 e. The quantitative estimate of drug-likeness (QED) is 0.288. The van der Waals surface area contributed by atoms with Gasteiger partial charge in [0.15, 0.2) is 12.1 Å². The second-order valence-corrected chi connectivity index (χ2v) is 7.91. The molecule has 0 spiro atoms. The van der Waals surface area contributed by atoms with Gasteiger partial charge in [-0.1, -0.05) is 13.0 Å². The first-order valence-corrected chi connectivity index (χ1v) is 9.18. The molecule has 1 aliphatic heterocycles. The van der Waals surface area contributed by atoms with Crippen molar-refractivity contribution in [2.45, 2.75) is 69.6 Å². The van der Waals surface area contributed by atoms with Crippen molar-refractivity contribution >= 4 is 5.78 Å². The van der Waals surface area contributed by atoms with E-state index >= 15 is 0 Å². The van der Waals surface area contributed by atoms with Gasteiger partial charge >= 0.3 is 0 Å². The number of allylic oxidation sites excluding steroid dienone is 1. The van der Waals surface area contributed by atoms with Crippen molar-refractivity contribution < 1.29 is 44.9 Å². The molecule has 0 amide bonds. The van der Waals surface area contributed by atoms with Gasteiger partial charge in [-0.05, 0) is 31.6 Å². The molecule has 9 heteroatoms. The molecule has 6 N–H and O–H groups in total. The van der Waals surface area contributed by atoms with Crippen LogP contribution in [0.4, 0.5) is 0 Å². The van der Waals surface area contributed by atoms with E-state index in [4.69, 9.17) is 9.47 Å². The Kier molecular flexibility index (Phi) is 7.17. The lowest BCUT2D eigenvalue weighted by molar-refractivity contribution is -0.308. The number of hydrogen-bond donors (Lipinski definition) is 6. The molecular formula is C19H30O9. The average molecular weight is 402 g/mol. The molecular weight excluding hydrogens is 372 g/mol. The number of rotatable bonds is 6. The first-order valence-electron chi connectivity index (χ1n) is 9.18. The van der Waals surface area contributed by atoms with Crippen LogP contribution in [-0.2, 0) is 14.3 Å². The van der Waals surface area contributed by atoms with Crippen LogP contribution < -0.4 is 0 Å². The lowest BCUT2D eigenvalue weighted by Gasteiger charge is -2.47. The lowest BCUT2D eigenvalue weighted by Crippen LogP contribution is -2.60. The Bertz CT molecular complexity index is 629.